The zero-order valence-corrected chi connectivity index (χ0v) is 23.0. The van der Waals surface area contributed by atoms with Crippen molar-refractivity contribution in [1.82, 2.24) is 19.4 Å². The van der Waals surface area contributed by atoms with Crippen molar-refractivity contribution in [3.05, 3.63) is 41.3 Å². The van der Waals surface area contributed by atoms with Gasteiger partial charge in [0.15, 0.2) is 0 Å². The lowest BCUT2D eigenvalue weighted by atomic mass is 10.1. The molecule has 37 heavy (non-hydrogen) atoms. The number of nitrogens with one attached hydrogen (secondary N) is 1. The summed E-state index contributed by atoms with van der Waals surface area (Å²) in [6, 6.07) is 8.93. The number of hydrogen-bond donors (Lipinski definition) is 1. The average Bonchev–Trinajstić information content (AvgIpc) is 3.64. The number of amides is 2. The number of hydrogen-bond acceptors (Lipinski definition) is 6. The molecule has 2 aromatic rings. The molecule has 0 saturated carbocycles. The number of benzene rings is 1. The molecule has 1 aromatic heterocycles. The molecule has 2 amide bonds. The molecule has 5 rings (SSSR count). The second-order valence-electron chi connectivity index (χ2n) is 10.5. The SMILES string of the molecule is Cc1cccc(-c2csc(S(=O)(=O)NC3CCCN(CC(=O)N4CCCC4CN4CCCC4)C3=O)c2)c1. The van der Waals surface area contributed by atoms with Crippen LogP contribution < -0.4 is 4.72 Å². The molecule has 3 fully saturated rings. The van der Waals surface area contributed by atoms with E-state index in [-0.39, 0.29) is 28.6 Å². The molecule has 10 heteroatoms. The lowest BCUT2D eigenvalue weighted by Crippen LogP contribution is -2.55. The summed E-state index contributed by atoms with van der Waals surface area (Å²) in [5.74, 6) is -0.339. The van der Waals surface area contributed by atoms with Crippen LogP contribution in [0.2, 0.25) is 0 Å². The molecule has 0 aliphatic carbocycles. The van der Waals surface area contributed by atoms with Gasteiger partial charge in [-0.05, 0) is 81.1 Å². The van der Waals surface area contributed by atoms with Crippen molar-refractivity contribution >= 4 is 33.2 Å². The first-order chi connectivity index (χ1) is 17.8. The highest BCUT2D eigenvalue weighted by atomic mass is 32.2. The van der Waals surface area contributed by atoms with Crippen molar-refractivity contribution in [2.45, 2.75) is 61.7 Å². The van der Waals surface area contributed by atoms with Gasteiger partial charge in [0.25, 0.3) is 10.0 Å². The van der Waals surface area contributed by atoms with Gasteiger partial charge in [0.05, 0.1) is 6.54 Å². The highest BCUT2D eigenvalue weighted by Gasteiger charge is 2.36. The lowest BCUT2D eigenvalue weighted by Gasteiger charge is -2.34. The Morgan fingerprint density at radius 3 is 2.59 bits per heavy atom. The maximum Gasteiger partial charge on any atom is 0.250 e. The van der Waals surface area contributed by atoms with Crippen LogP contribution in [0, 0.1) is 6.92 Å². The van der Waals surface area contributed by atoms with Crippen molar-refractivity contribution in [3.8, 4) is 11.1 Å². The molecule has 8 nitrogen and oxygen atoms in total. The van der Waals surface area contributed by atoms with E-state index < -0.39 is 16.1 Å². The van der Waals surface area contributed by atoms with E-state index in [1.807, 2.05) is 41.5 Å². The third kappa shape index (κ3) is 6.08. The van der Waals surface area contributed by atoms with Crippen molar-refractivity contribution in [3.63, 3.8) is 0 Å². The zero-order chi connectivity index (χ0) is 26.0. The molecule has 1 N–H and O–H groups in total. The van der Waals surface area contributed by atoms with Crippen molar-refractivity contribution in [2.24, 2.45) is 0 Å². The molecule has 0 bridgehead atoms. The van der Waals surface area contributed by atoms with E-state index in [9.17, 15) is 18.0 Å². The summed E-state index contributed by atoms with van der Waals surface area (Å²) in [4.78, 5) is 32.3. The van der Waals surface area contributed by atoms with Gasteiger partial charge in [-0.1, -0.05) is 29.8 Å². The molecular weight excluding hydrogens is 508 g/mol. The minimum atomic E-state index is -3.86. The second kappa shape index (κ2) is 11.2. The fourth-order valence-electron chi connectivity index (χ4n) is 5.76. The number of carbonyl (C=O) groups is 2. The van der Waals surface area contributed by atoms with Crippen molar-refractivity contribution in [1.29, 1.82) is 0 Å². The van der Waals surface area contributed by atoms with Crippen LogP contribution in [0.15, 0.2) is 39.9 Å². The Bertz CT molecular complexity index is 1240. The Morgan fingerprint density at radius 2 is 1.81 bits per heavy atom. The molecular formula is C27H36N4O4S2. The van der Waals surface area contributed by atoms with Gasteiger partial charge in [-0.2, -0.15) is 4.72 Å². The predicted octanol–water partition coefficient (Wildman–Crippen LogP) is 3.08. The molecule has 1 aromatic carbocycles. The summed E-state index contributed by atoms with van der Waals surface area (Å²) in [5, 5.41) is 1.83. The lowest BCUT2D eigenvalue weighted by molar-refractivity contribution is -0.143. The summed E-state index contributed by atoms with van der Waals surface area (Å²) >= 11 is 1.15. The first-order valence-corrected chi connectivity index (χ1v) is 15.6. The summed E-state index contributed by atoms with van der Waals surface area (Å²) in [6.45, 7) is 6.33. The number of carbonyl (C=O) groups excluding carboxylic acids is 2. The minimum Gasteiger partial charge on any atom is -0.337 e. The van der Waals surface area contributed by atoms with E-state index in [2.05, 4.69) is 9.62 Å². The predicted molar refractivity (Wildman–Crippen MR) is 145 cm³/mol. The Balaban J connectivity index is 1.21. The Kier molecular flexibility index (Phi) is 7.99. The van der Waals surface area contributed by atoms with Gasteiger partial charge in [-0.15, -0.1) is 11.3 Å². The second-order valence-corrected chi connectivity index (χ2v) is 13.3. The van der Waals surface area contributed by atoms with Gasteiger partial charge in [0.1, 0.15) is 10.3 Å². The van der Waals surface area contributed by atoms with E-state index in [1.165, 1.54) is 17.7 Å². The Hall–Kier alpha value is -2.27. The van der Waals surface area contributed by atoms with Crippen molar-refractivity contribution < 1.29 is 18.0 Å². The fourth-order valence-corrected chi connectivity index (χ4v) is 8.19. The number of aryl methyl sites for hydroxylation is 1. The highest BCUT2D eigenvalue weighted by Crippen LogP contribution is 2.29. The van der Waals surface area contributed by atoms with Crippen LogP contribution >= 0.6 is 11.3 Å². The number of thiophene rings is 1. The van der Waals surface area contributed by atoms with Gasteiger partial charge >= 0.3 is 0 Å². The van der Waals surface area contributed by atoms with E-state index in [1.54, 1.807) is 6.07 Å². The summed E-state index contributed by atoms with van der Waals surface area (Å²) < 4.78 is 29.1. The van der Waals surface area contributed by atoms with Crippen LogP contribution in [0.25, 0.3) is 11.1 Å². The van der Waals surface area contributed by atoms with Gasteiger partial charge in [-0.25, -0.2) is 8.42 Å². The largest absolute Gasteiger partial charge is 0.337 e. The number of sulfonamides is 1. The highest BCUT2D eigenvalue weighted by molar-refractivity contribution is 7.91. The van der Waals surface area contributed by atoms with Crippen LogP contribution in [0.5, 0.6) is 0 Å². The zero-order valence-electron chi connectivity index (χ0n) is 21.4. The third-order valence-electron chi connectivity index (χ3n) is 7.71. The molecule has 3 aliphatic rings. The minimum absolute atomic E-state index is 0.0179. The van der Waals surface area contributed by atoms with Crippen molar-refractivity contribution in [2.75, 3.05) is 39.3 Å². The van der Waals surface area contributed by atoms with Crippen LogP contribution in [-0.2, 0) is 19.6 Å². The van der Waals surface area contributed by atoms with E-state index in [0.717, 1.165) is 67.0 Å². The maximum atomic E-state index is 13.2. The molecule has 0 spiro atoms. The van der Waals surface area contributed by atoms with Gasteiger partial charge < -0.3 is 14.7 Å². The molecule has 3 aliphatic heterocycles. The standard InChI is InChI=1S/C27H36N4O4S2/c1-20-7-4-8-21(15-20)22-16-26(36-19-22)37(34,35)28-24-10-6-13-30(27(24)33)18-25(32)31-14-5-9-23(31)17-29-11-2-3-12-29/h4,7-8,15-16,19,23-24,28H,2-3,5-6,9-14,17-18H2,1H3. The molecule has 0 radical (unpaired) electrons. The van der Waals surface area contributed by atoms with E-state index in [0.29, 0.717) is 19.4 Å². The fraction of sp³-hybridized carbons (Fsp3) is 0.556. The van der Waals surface area contributed by atoms with Gasteiger partial charge in [-0.3, -0.25) is 9.59 Å². The number of nitrogens with zero attached hydrogens (tertiary/aromatic N) is 3. The smallest absolute Gasteiger partial charge is 0.250 e. The third-order valence-corrected chi connectivity index (χ3v) is 10.6. The van der Waals surface area contributed by atoms with Gasteiger partial charge in [0.2, 0.25) is 11.8 Å². The average molecular weight is 545 g/mol. The van der Waals surface area contributed by atoms with Crippen LogP contribution in [0.4, 0.5) is 0 Å². The summed E-state index contributed by atoms with van der Waals surface area (Å²) in [7, 11) is -3.86. The molecule has 2 unspecified atom stereocenters. The first-order valence-electron chi connectivity index (χ1n) is 13.3. The van der Waals surface area contributed by atoms with Crippen LogP contribution in [-0.4, -0.2) is 86.3 Å². The van der Waals surface area contributed by atoms with E-state index in [4.69, 9.17) is 0 Å². The number of likely N-dealkylation sites (tertiary alicyclic amines) is 3. The maximum absolute atomic E-state index is 13.2. The Morgan fingerprint density at radius 1 is 1.03 bits per heavy atom. The van der Waals surface area contributed by atoms with Gasteiger partial charge in [0, 0.05) is 25.7 Å². The monoisotopic (exact) mass is 544 g/mol. The topological polar surface area (TPSA) is 90.0 Å². The normalized spacial score (nSPS) is 23.2. The summed E-state index contributed by atoms with van der Waals surface area (Å²) in [5.41, 5.74) is 2.90. The molecule has 200 valence electrons. The first kappa shape index (κ1) is 26.3. The van der Waals surface area contributed by atoms with Crippen LogP contribution in [0.3, 0.4) is 0 Å². The number of piperidine rings is 1. The Labute approximate surface area is 223 Å². The quantitative estimate of drug-likeness (QED) is 0.552. The van der Waals surface area contributed by atoms with E-state index >= 15 is 0 Å². The molecule has 4 heterocycles. The molecule has 2 atom stereocenters. The number of rotatable bonds is 8. The molecule has 3 saturated heterocycles. The van der Waals surface area contributed by atoms with Crippen LogP contribution in [0.1, 0.15) is 44.1 Å². The summed E-state index contributed by atoms with van der Waals surface area (Å²) in [6.07, 6.45) is 5.52.